The van der Waals surface area contributed by atoms with E-state index in [1.54, 1.807) is 12.5 Å². The Morgan fingerprint density at radius 1 is 1.56 bits per heavy atom. The summed E-state index contributed by atoms with van der Waals surface area (Å²) in [6.45, 7) is 2.99. The zero-order valence-electron chi connectivity index (χ0n) is 9.68. The van der Waals surface area contributed by atoms with Crippen molar-refractivity contribution in [1.29, 1.82) is 0 Å². The van der Waals surface area contributed by atoms with Crippen molar-refractivity contribution in [3.63, 3.8) is 0 Å². The predicted octanol–water partition coefficient (Wildman–Crippen LogP) is 2.25. The molecule has 0 fully saturated rings. The number of aromatic nitrogens is 2. The highest BCUT2D eigenvalue weighted by molar-refractivity contribution is 5.11. The van der Waals surface area contributed by atoms with Crippen LogP contribution in [0.4, 0.5) is 0 Å². The molecule has 0 bridgehead atoms. The van der Waals surface area contributed by atoms with Crippen molar-refractivity contribution in [2.45, 2.75) is 25.9 Å². The first-order valence-corrected chi connectivity index (χ1v) is 5.52. The Balaban J connectivity index is 1.96. The van der Waals surface area contributed by atoms with Crippen molar-refractivity contribution in [2.75, 3.05) is 0 Å². The summed E-state index contributed by atoms with van der Waals surface area (Å²) >= 11 is 0. The van der Waals surface area contributed by atoms with Crippen LogP contribution in [0.25, 0.3) is 0 Å². The molecule has 0 aliphatic carbocycles. The molecule has 2 rings (SSSR count). The summed E-state index contributed by atoms with van der Waals surface area (Å²) in [5, 5.41) is 7.68. The molecule has 0 amide bonds. The highest BCUT2D eigenvalue weighted by atomic mass is 16.3. The molecule has 16 heavy (non-hydrogen) atoms. The van der Waals surface area contributed by atoms with Crippen LogP contribution in [0.2, 0.25) is 0 Å². The van der Waals surface area contributed by atoms with Gasteiger partial charge in [-0.1, -0.05) is 6.92 Å². The van der Waals surface area contributed by atoms with E-state index in [9.17, 15) is 0 Å². The molecule has 4 nitrogen and oxygen atoms in total. The maximum absolute atomic E-state index is 5.03. The third kappa shape index (κ3) is 2.52. The number of hydrogen-bond acceptors (Lipinski definition) is 3. The van der Waals surface area contributed by atoms with Crippen LogP contribution >= 0.6 is 0 Å². The van der Waals surface area contributed by atoms with Crippen molar-refractivity contribution < 1.29 is 4.42 Å². The van der Waals surface area contributed by atoms with E-state index in [-0.39, 0.29) is 0 Å². The summed E-state index contributed by atoms with van der Waals surface area (Å²) in [5.74, 6) is 0. The first kappa shape index (κ1) is 11.0. The van der Waals surface area contributed by atoms with Gasteiger partial charge in [-0.15, -0.1) is 0 Å². The van der Waals surface area contributed by atoms with Crippen LogP contribution < -0.4 is 5.32 Å². The minimum Gasteiger partial charge on any atom is -0.472 e. The van der Waals surface area contributed by atoms with Gasteiger partial charge in [0.1, 0.15) is 0 Å². The van der Waals surface area contributed by atoms with Crippen LogP contribution in [0.5, 0.6) is 0 Å². The van der Waals surface area contributed by atoms with E-state index in [1.165, 1.54) is 11.1 Å². The van der Waals surface area contributed by atoms with Crippen LogP contribution in [0.1, 0.15) is 30.5 Å². The van der Waals surface area contributed by atoms with Crippen LogP contribution in [0.15, 0.2) is 35.4 Å². The molecule has 0 aromatic carbocycles. The fraction of sp³-hybridized carbons (Fsp3) is 0.417. The molecule has 86 valence electrons. The van der Waals surface area contributed by atoms with Crippen molar-refractivity contribution in [3.8, 4) is 0 Å². The lowest BCUT2D eigenvalue weighted by Gasteiger charge is -2.14. The molecule has 2 aromatic rings. The van der Waals surface area contributed by atoms with Gasteiger partial charge in [0.25, 0.3) is 0 Å². The second-order valence-corrected chi connectivity index (χ2v) is 3.92. The topological polar surface area (TPSA) is 43.0 Å². The second kappa shape index (κ2) is 4.99. The average molecular weight is 219 g/mol. The van der Waals surface area contributed by atoms with Gasteiger partial charge in [0.15, 0.2) is 0 Å². The minimum absolute atomic E-state index is 0.351. The van der Waals surface area contributed by atoms with Gasteiger partial charge in [-0.05, 0) is 12.5 Å². The smallest absolute Gasteiger partial charge is 0.0947 e. The van der Waals surface area contributed by atoms with Gasteiger partial charge in [0.2, 0.25) is 0 Å². The molecule has 1 N–H and O–H groups in total. The molecule has 0 aliphatic heterocycles. The summed E-state index contributed by atoms with van der Waals surface area (Å²) in [5.41, 5.74) is 2.40. The number of nitrogens with one attached hydrogen (secondary N) is 1. The van der Waals surface area contributed by atoms with Gasteiger partial charge in [0, 0.05) is 37.0 Å². The predicted molar refractivity (Wildman–Crippen MR) is 61.8 cm³/mol. The molecule has 0 saturated carbocycles. The van der Waals surface area contributed by atoms with Crippen molar-refractivity contribution in [1.82, 2.24) is 15.1 Å². The first-order valence-electron chi connectivity index (χ1n) is 5.52. The summed E-state index contributed by atoms with van der Waals surface area (Å²) < 4.78 is 6.86. The maximum atomic E-state index is 5.03. The van der Waals surface area contributed by atoms with Gasteiger partial charge < -0.3 is 9.73 Å². The van der Waals surface area contributed by atoms with Gasteiger partial charge in [-0.3, -0.25) is 4.68 Å². The lowest BCUT2D eigenvalue weighted by Crippen LogP contribution is -2.19. The maximum Gasteiger partial charge on any atom is 0.0947 e. The van der Waals surface area contributed by atoms with Crippen molar-refractivity contribution >= 4 is 0 Å². The Kier molecular flexibility index (Phi) is 3.41. The molecule has 1 atom stereocenters. The number of rotatable bonds is 5. The number of furan rings is 1. The third-order valence-electron chi connectivity index (χ3n) is 2.67. The van der Waals surface area contributed by atoms with E-state index >= 15 is 0 Å². The largest absolute Gasteiger partial charge is 0.472 e. The van der Waals surface area contributed by atoms with Gasteiger partial charge in [-0.2, -0.15) is 5.10 Å². The summed E-state index contributed by atoms with van der Waals surface area (Å²) in [7, 11) is 1.94. The van der Waals surface area contributed by atoms with Crippen LogP contribution in [0.3, 0.4) is 0 Å². The molecular weight excluding hydrogens is 202 g/mol. The monoisotopic (exact) mass is 219 g/mol. The summed E-state index contributed by atoms with van der Waals surface area (Å²) in [6.07, 6.45) is 8.47. The highest BCUT2D eigenvalue weighted by Crippen LogP contribution is 2.16. The third-order valence-corrected chi connectivity index (χ3v) is 2.67. The minimum atomic E-state index is 0.351. The molecule has 1 unspecified atom stereocenters. The molecule has 0 saturated heterocycles. The van der Waals surface area contributed by atoms with E-state index in [4.69, 9.17) is 4.42 Å². The normalized spacial score (nSPS) is 12.9. The van der Waals surface area contributed by atoms with Gasteiger partial charge >= 0.3 is 0 Å². The van der Waals surface area contributed by atoms with E-state index < -0.39 is 0 Å². The number of nitrogens with zero attached hydrogens (tertiary/aromatic N) is 2. The van der Waals surface area contributed by atoms with Crippen LogP contribution in [0, 0.1) is 0 Å². The Morgan fingerprint density at radius 2 is 2.44 bits per heavy atom. The lowest BCUT2D eigenvalue weighted by atomic mass is 10.1. The second-order valence-electron chi connectivity index (χ2n) is 3.92. The first-order chi connectivity index (χ1) is 7.79. The average Bonchev–Trinajstić information content (AvgIpc) is 2.91. The Labute approximate surface area is 95.3 Å². The molecular formula is C12H17N3O. The Morgan fingerprint density at radius 3 is 3.00 bits per heavy atom. The van der Waals surface area contributed by atoms with Crippen LogP contribution in [-0.2, 0) is 13.6 Å². The summed E-state index contributed by atoms with van der Waals surface area (Å²) in [6, 6.07) is 2.33. The zero-order valence-corrected chi connectivity index (χ0v) is 9.68. The molecule has 2 aromatic heterocycles. The van der Waals surface area contributed by atoms with E-state index in [0.717, 1.165) is 13.0 Å². The zero-order chi connectivity index (χ0) is 11.4. The van der Waals surface area contributed by atoms with Crippen molar-refractivity contribution in [2.24, 2.45) is 7.05 Å². The van der Waals surface area contributed by atoms with E-state index in [2.05, 4.69) is 23.5 Å². The molecule has 2 heterocycles. The standard InChI is InChI=1S/C12H17N3O/c1-3-12(11-7-14-15(2)8-11)13-6-10-4-5-16-9-10/h4-5,7-9,12-13H,3,6H2,1-2H3. The van der Waals surface area contributed by atoms with Gasteiger partial charge in [-0.25, -0.2) is 0 Å². The van der Waals surface area contributed by atoms with Gasteiger partial charge in [0.05, 0.1) is 18.7 Å². The lowest BCUT2D eigenvalue weighted by molar-refractivity contribution is 0.511. The number of aryl methyl sites for hydroxylation is 1. The molecule has 4 heteroatoms. The van der Waals surface area contributed by atoms with Crippen LogP contribution in [-0.4, -0.2) is 9.78 Å². The highest BCUT2D eigenvalue weighted by Gasteiger charge is 2.10. The SMILES string of the molecule is CCC(NCc1ccoc1)c1cnn(C)c1. The summed E-state index contributed by atoms with van der Waals surface area (Å²) in [4.78, 5) is 0. The fourth-order valence-electron chi connectivity index (χ4n) is 1.75. The Hall–Kier alpha value is -1.55. The van der Waals surface area contributed by atoms with Crippen molar-refractivity contribution in [3.05, 3.63) is 42.1 Å². The quantitative estimate of drug-likeness (QED) is 0.838. The van der Waals surface area contributed by atoms with E-state index in [0.29, 0.717) is 6.04 Å². The molecule has 0 spiro atoms. The molecule has 0 radical (unpaired) electrons. The van der Waals surface area contributed by atoms with E-state index in [1.807, 2.05) is 24.0 Å². The Bertz CT molecular complexity index is 419. The molecule has 0 aliphatic rings. The number of hydrogen-bond donors (Lipinski definition) is 1. The fourth-order valence-corrected chi connectivity index (χ4v) is 1.75.